The Morgan fingerprint density at radius 2 is 1.89 bits per heavy atom. The number of methoxy groups -OCH3 is 2. The Labute approximate surface area is 221 Å². The molecule has 4 rings (SSSR count). The highest BCUT2D eigenvalue weighted by molar-refractivity contribution is 7.10. The second kappa shape index (κ2) is 11.4. The topological polar surface area (TPSA) is 59.1 Å². The fourth-order valence-electron chi connectivity index (χ4n) is 4.60. The van der Waals surface area contributed by atoms with Crippen molar-refractivity contribution in [1.29, 1.82) is 0 Å². The Balaban J connectivity index is 1.65. The van der Waals surface area contributed by atoms with E-state index in [1.54, 1.807) is 41.5 Å². The molecule has 1 aromatic heterocycles. The summed E-state index contributed by atoms with van der Waals surface area (Å²) in [5.74, 6) is 0.682. The van der Waals surface area contributed by atoms with Crippen LogP contribution in [-0.4, -0.2) is 55.0 Å². The molecule has 0 spiro atoms. The second-order valence-electron chi connectivity index (χ2n) is 8.85. The third-order valence-electron chi connectivity index (χ3n) is 6.80. The fourth-order valence-corrected chi connectivity index (χ4v) is 5.63. The van der Waals surface area contributed by atoms with Gasteiger partial charge in [-0.05, 0) is 66.6 Å². The second-order valence-corrected chi connectivity index (χ2v) is 10.3. The fraction of sp³-hybridized carbons (Fsp3) is 0.357. The quantitative estimate of drug-likeness (QED) is 0.370. The summed E-state index contributed by atoms with van der Waals surface area (Å²) in [4.78, 5) is 32.4. The number of fused-ring (bicyclic) bond motifs is 1. The molecular weight excluding hydrogens is 496 g/mol. The van der Waals surface area contributed by atoms with Gasteiger partial charge in [0.2, 0.25) is 5.91 Å². The van der Waals surface area contributed by atoms with E-state index in [1.807, 2.05) is 43.0 Å². The molecule has 1 aliphatic rings. The summed E-state index contributed by atoms with van der Waals surface area (Å²) in [7, 11) is 3.09. The molecule has 2 atom stereocenters. The molecule has 0 radical (unpaired) electrons. The van der Waals surface area contributed by atoms with Gasteiger partial charge in [-0.25, -0.2) is 0 Å². The normalized spacial score (nSPS) is 15.7. The largest absolute Gasteiger partial charge is 0.497 e. The van der Waals surface area contributed by atoms with E-state index in [0.29, 0.717) is 35.1 Å². The zero-order valence-corrected chi connectivity index (χ0v) is 22.6. The predicted octanol–water partition coefficient (Wildman–Crippen LogP) is 5.83. The summed E-state index contributed by atoms with van der Waals surface area (Å²) >= 11 is 7.86. The minimum Gasteiger partial charge on any atom is -0.497 e. The van der Waals surface area contributed by atoms with Crippen molar-refractivity contribution in [2.75, 3.05) is 27.3 Å². The monoisotopic (exact) mass is 526 g/mol. The standard InChI is InChI=1S/C28H31ClN2O4S/c1-5-18(2)31(28(33)22-11-10-21(34-3)16-24(22)35-4)17-26(32)30-14-12-25-23(13-15-36-25)27(30)19-6-8-20(29)9-7-19/h6-11,13,15-16,18,27H,5,12,14,17H2,1-4H3/t18-,27-/m1/s1. The SMILES string of the molecule is CC[C@@H](C)N(CC(=O)N1CCc2sccc2[C@H]1c1ccc(Cl)cc1)C(=O)c1ccc(OC)cc1OC. The van der Waals surface area contributed by atoms with Gasteiger partial charge in [-0.3, -0.25) is 9.59 Å². The van der Waals surface area contributed by atoms with Crippen molar-refractivity contribution >= 4 is 34.8 Å². The van der Waals surface area contributed by atoms with Crippen LogP contribution >= 0.6 is 22.9 Å². The van der Waals surface area contributed by atoms with Gasteiger partial charge in [-0.1, -0.05) is 30.7 Å². The molecule has 2 aromatic carbocycles. The predicted molar refractivity (Wildman–Crippen MR) is 143 cm³/mol. The number of carbonyl (C=O) groups excluding carboxylic acids is 2. The third kappa shape index (κ3) is 5.22. The number of rotatable bonds is 8. The smallest absolute Gasteiger partial charge is 0.258 e. The first kappa shape index (κ1) is 26.0. The Hall–Kier alpha value is -3.03. The first-order valence-electron chi connectivity index (χ1n) is 12.0. The van der Waals surface area contributed by atoms with Crippen LogP contribution in [0, 0.1) is 0 Å². The number of halogens is 1. The van der Waals surface area contributed by atoms with Crippen molar-refractivity contribution in [3.8, 4) is 11.5 Å². The van der Waals surface area contributed by atoms with Crippen molar-refractivity contribution in [3.63, 3.8) is 0 Å². The Bertz CT molecular complexity index is 1230. The van der Waals surface area contributed by atoms with E-state index in [1.165, 1.54) is 12.0 Å². The average molecular weight is 527 g/mol. The Kier molecular flexibility index (Phi) is 8.21. The first-order chi connectivity index (χ1) is 17.4. The number of ether oxygens (including phenoxy) is 2. The summed E-state index contributed by atoms with van der Waals surface area (Å²) in [6.45, 7) is 4.54. The lowest BCUT2D eigenvalue weighted by Crippen LogP contribution is -2.49. The lowest BCUT2D eigenvalue weighted by molar-refractivity contribution is -0.134. The number of hydrogen-bond acceptors (Lipinski definition) is 5. The van der Waals surface area contributed by atoms with E-state index in [4.69, 9.17) is 21.1 Å². The third-order valence-corrected chi connectivity index (χ3v) is 8.05. The van der Waals surface area contributed by atoms with Gasteiger partial charge < -0.3 is 19.3 Å². The van der Waals surface area contributed by atoms with Gasteiger partial charge in [0.1, 0.15) is 18.0 Å². The maximum absolute atomic E-state index is 13.9. The van der Waals surface area contributed by atoms with Gasteiger partial charge in [0.15, 0.2) is 0 Å². The Morgan fingerprint density at radius 1 is 1.14 bits per heavy atom. The van der Waals surface area contributed by atoms with Crippen LogP contribution in [0.3, 0.4) is 0 Å². The van der Waals surface area contributed by atoms with Gasteiger partial charge in [0.05, 0.1) is 25.8 Å². The summed E-state index contributed by atoms with van der Waals surface area (Å²) in [6.07, 6.45) is 1.51. The molecule has 36 heavy (non-hydrogen) atoms. The molecule has 0 saturated heterocycles. The van der Waals surface area contributed by atoms with Gasteiger partial charge in [-0.15, -0.1) is 11.3 Å². The molecule has 2 amide bonds. The maximum atomic E-state index is 13.9. The van der Waals surface area contributed by atoms with Crippen LogP contribution in [0.5, 0.6) is 11.5 Å². The number of hydrogen-bond donors (Lipinski definition) is 0. The summed E-state index contributed by atoms with van der Waals surface area (Å²) in [5, 5.41) is 2.73. The number of nitrogens with zero attached hydrogens (tertiary/aromatic N) is 2. The zero-order chi connectivity index (χ0) is 25.8. The van der Waals surface area contributed by atoms with Gasteiger partial charge in [0, 0.05) is 28.6 Å². The average Bonchev–Trinajstić information content (AvgIpc) is 3.39. The van der Waals surface area contributed by atoms with Crippen LogP contribution in [0.4, 0.5) is 0 Å². The highest BCUT2D eigenvalue weighted by atomic mass is 35.5. The summed E-state index contributed by atoms with van der Waals surface area (Å²) < 4.78 is 10.8. The van der Waals surface area contributed by atoms with Crippen LogP contribution in [-0.2, 0) is 11.2 Å². The summed E-state index contributed by atoms with van der Waals surface area (Å²) in [6, 6.07) is 14.5. The molecule has 0 aliphatic carbocycles. The van der Waals surface area contributed by atoms with E-state index < -0.39 is 0 Å². The van der Waals surface area contributed by atoms with Crippen molar-refractivity contribution in [1.82, 2.24) is 9.80 Å². The van der Waals surface area contributed by atoms with Crippen molar-refractivity contribution in [3.05, 3.63) is 80.5 Å². The number of thiophene rings is 1. The van der Waals surface area contributed by atoms with Crippen LogP contribution in [0.2, 0.25) is 5.02 Å². The first-order valence-corrected chi connectivity index (χ1v) is 13.3. The molecule has 0 fully saturated rings. The van der Waals surface area contributed by atoms with Crippen LogP contribution < -0.4 is 9.47 Å². The van der Waals surface area contributed by atoms with E-state index in [2.05, 4.69) is 11.4 Å². The molecule has 8 heteroatoms. The molecule has 6 nitrogen and oxygen atoms in total. The highest BCUT2D eigenvalue weighted by Crippen LogP contribution is 2.38. The van der Waals surface area contributed by atoms with Crippen LogP contribution in [0.1, 0.15) is 52.7 Å². The number of amides is 2. The molecule has 3 aromatic rings. The van der Waals surface area contributed by atoms with Crippen LogP contribution in [0.15, 0.2) is 53.9 Å². The summed E-state index contributed by atoms with van der Waals surface area (Å²) in [5.41, 5.74) is 2.55. The lowest BCUT2D eigenvalue weighted by Gasteiger charge is -2.38. The van der Waals surface area contributed by atoms with Gasteiger partial charge in [0.25, 0.3) is 5.91 Å². The van der Waals surface area contributed by atoms with E-state index >= 15 is 0 Å². The molecule has 0 unspecified atom stereocenters. The highest BCUT2D eigenvalue weighted by Gasteiger charge is 2.35. The molecule has 0 saturated carbocycles. The minimum absolute atomic E-state index is 0.0212. The number of benzene rings is 2. The van der Waals surface area contributed by atoms with E-state index in [9.17, 15) is 9.59 Å². The lowest BCUT2D eigenvalue weighted by atomic mass is 9.93. The molecular formula is C28H31ClN2O4S. The number of carbonyl (C=O) groups is 2. The van der Waals surface area contributed by atoms with Gasteiger partial charge >= 0.3 is 0 Å². The zero-order valence-electron chi connectivity index (χ0n) is 21.0. The Morgan fingerprint density at radius 3 is 2.56 bits per heavy atom. The van der Waals surface area contributed by atoms with Crippen molar-refractivity contribution in [2.45, 2.75) is 38.8 Å². The van der Waals surface area contributed by atoms with E-state index in [0.717, 1.165) is 17.5 Å². The van der Waals surface area contributed by atoms with Crippen LogP contribution in [0.25, 0.3) is 0 Å². The molecule has 0 bridgehead atoms. The maximum Gasteiger partial charge on any atom is 0.258 e. The van der Waals surface area contributed by atoms with Crippen molar-refractivity contribution in [2.24, 2.45) is 0 Å². The van der Waals surface area contributed by atoms with Crippen molar-refractivity contribution < 1.29 is 19.1 Å². The van der Waals surface area contributed by atoms with Gasteiger partial charge in [-0.2, -0.15) is 0 Å². The van der Waals surface area contributed by atoms with E-state index in [-0.39, 0.29) is 30.4 Å². The molecule has 1 aliphatic heterocycles. The molecule has 0 N–H and O–H groups in total. The minimum atomic E-state index is -0.242. The molecule has 190 valence electrons. The molecule has 2 heterocycles.